The van der Waals surface area contributed by atoms with Gasteiger partial charge in [-0.3, -0.25) is 0 Å². The van der Waals surface area contributed by atoms with Gasteiger partial charge in [0.05, 0.1) is 6.10 Å². The lowest BCUT2D eigenvalue weighted by molar-refractivity contribution is 0.109. The average Bonchev–Trinajstić information content (AvgIpc) is 2.28. The van der Waals surface area contributed by atoms with Gasteiger partial charge in [0.25, 0.3) is 0 Å². The van der Waals surface area contributed by atoms with Crippen LogP contribution in [0, 0.1) is 13.8 Å². The van der Waals surface area contributed by atoms with Crippen molar-refractivity contribution in [1.82, 2.24) is 5.32 Å². The van der Waals surface area contributed by atoms with Gasteiger partial charge in [0, 0.05) is 12.1 Å². The summed E-state index contributed by atoms with van der Waals surface area (Å²) in [4.78, 5) is 0. The van der Waals surface area contributed by atoms with Crippen molar-refractivity contribution in [2.45, 2.75) is 64.6 Å². The summed E-state index contributed by atoms with van der Waals surface area (Å²) in [5.41, 5.74) is 4.04. The number of nitrogens with one attached hydrogen (secondary N) is 1. The minimum atomic E-state index is -0.109. The highest BCUT2D eigenvalue weighted by atomic mass is 16.3. The number of rotatable bonds is 3. The van der Waals surface area contributed by atoms with Gasteiger partial charge in [-0.15, -0.1) is 0 Å². The zero-order valence-corrected chi connectivity index (χ0v) is 11.7. The Labute approximate surface area is 110 Å². The molecule has 18 heavy (non-hydrogen) atoms. The summed E-state index contributed by atoms with van der Waals surface area (Å²) in [5.74, 6) is 0. The standard InChI is InChI=1S/C16H25NO/c1-11-7-8-16(12(2)9-11)13(3)17-14-5-4-6-15(18)10-14/h7-9,13-15,17-18H,4-6,10H2,1-3H3. The van der Waals surface area contributed by atoms with Crippen LogP contribution in [-0.2, 0) is 0 Å². The maximum absolute atomic E-state index is 9.71. The molecule has 3 unspecified atom stereocenters. The molecular weight excluding hydrogens is 222 g/mol. The van der Waals surface area contributed by atoms with Crippen molar-refractivity contribution in [3.63, 3.8) is 0 Å². The summed E-state index contributed by atoms with van der Waals surface area (Å²) in [5, 5.41) is 13.4. The smallest absolute Gasteiger partial charge is 0.0555 e. The van der Waals surface area contributed by atoms with Crippen molar-refractivity contribution >= 4 is 0 Å². The van der Waals surface area contributed by atoms with Crippen LogP contribution in [0.4, 0.5) is 0 Å². The monoisotopic (exact) mass is 247 g/mol. The van der Waals surface area contributed by atoms with Crippen molar-refractivity contribution in [3.05, 3.63) is 34.9 Å². The minimum Gasteiger partial charge on any atom is -0.393 e. The molecule has 0 aromatic heterocycles. The Morgan fingerprint density at radius 3 is 2.72 bits per heavy atom. The molecule has 0 spiro atoms. The third kappa shape index (κ3) is 3.33. The van der Waals surface area contributed by atoms with Gasteiger partial charge < -0.3 is 10.4 Å². The Morgan fingerprint density at radius 1 is 1.28 bits per heavy atom. The van der Waals surface area contributed by atoms with Crippen LogP contribution in [0.15, 0.2) is 18.2 Å². The first-order valence-electron chi connectivity index (χ1n) is 7.07. The van der Waals surface area contributed by atoms with Gasteiger partial charge in [-0.05, 0) is 57.6 Å². The minimum absolute atomic E-state index is 0.109. The molecule has 0 heterocycles. The van der Waals surface area contributed by atoms with E-state index in [-0.39, 0.29) is 6.10 Å². The number of hydrogen-bond acceptors (Lipinski definition) is 2. The van der Waals surface area contributed by atoms with Gasteiger partial charge in [-0.1, -0.05) is 23.8 Å². The van der Waals surface area contributed by atoms with Crippen LogP contribution in [0.1, 0.15) is 55.3 Å². The molecule has 1 fully saturated rings. The SMILES string of the molecule is Cc1ccc(C(C)NC2CCCC(O)C2)c(C)c1. The molecule has 2 heteroatoms. The van der Waals surface area contributed by atoms with Crippen LogP contribution in [0.5, 0.6) is 0 Å². The van der Waals surface area contributed by atoms with E-state index in [1.54, 1.807) is 0 Å². The number of aliphatic hydroxyl groups is 1. The molecule has 0 saturated heterocycles. The summed E-state index contributed by atoms with van der Waals surface area (Å²) in [6, 6.07) is 7.46. The first-order valence-corrected chi connectivity index (χ1v) is 7.07. The molecule has 0 amide bonds. The van der Waals surface area contributed by atoms with E-state index in [9.17, 15) is 5.11 Å². The zero-order valence-electron chi connectivity index (χ0n) is 11.7. The third-order valence-corrected chi connectivity index (χ3v) is 4.02. The average molecular weight is 247 g/mol. The Hall–Kier alpha value is -0.860. The lowest BCUT2D eigenvalue weighted by Gasteiger charge is -2.30. The molecule has 3 atom stereocenters. The Bertz CT molecular complexity index is 402. The van der Waals surface area contributed by atoms with Crippen LogP contribution < -0.4 is 5.32 Å². The van der Waals surface area contributed by atoms with E-state index < -0.39 is 0 Å². The van der Waals surface area contributed by atoms with Gasteiger partial charge in [0.1, 0.15) is 0 Å². The number of hydrogen-bond donors (Lipinski definition) is 2. The normalized spacial score (nSPS) is 26.0. The van der Waals surface area contributed by atoms with E-state index in [0.717, 1.165) is 19.3 Å². The fourth-order valence-electron chi connectivity index (χ4n) is 3.07. The van der Waals surface area contributed by atoms with Crippen molar-refractivity contribution in [2.24, 2.45) is 0 Å². The van der Waals surface area contributed by atoms with E-state index in [1.165, 1.54) is 23.1 Å². The summed E-state index contributed by atoms with van der Waals surface area (Å²) >= 11 is 0. The topological polar surface area (TPSA) is 32.3 Å². The Morgan fingerprint density at radius 2 is 2.06 bits per heavy atom. The van der Waals surface area contributed by atoms with Crippen LogP contribution >= 0.6 is 0 Å². The number of benzene rings is 1. The quantitative estimate of drug-likeness (QED) is 0.859. The van der Waals surface area contributed by atoms with E-state index in [4.69, 9.17) is 0 Å². The predicted octanol–water partition coefficient (Wildman–Crippen LogP) is 3.26. The highest BCUT2D eigenvalue weighted by Gasteiger charge is 2.22. The molecule has 2 nitrogen and oxygen atoms in total. The molecule has 1 aromatic carbocycles. The number of aryl methyl sites for hydroxylation is 2. The maximum Gasteiger partial charge on any atom is 0.0555 e. The lowest BCUT2D eigenvalue weighted by Crippen LogP contribution is -2.37. The maximum atomic E-state index is 9.71. The summed E-state index contributed by atoms with van der Waals surface area (Å²) < 4.78 is 0. The van der Waals surface area contributed by atoms with E-state index in [1.807, 2.05) is 0 Å². The van der Waals surface area contributed by atoms with Gasteiger partial charge in [-0.25, -0.2) is 0 Å². The summed E-state index contributed by atoms with van der Waals surface area (Å²) in [6.07, 6.45) is 4.08. The van der Waals surface area contributed by atoms with E-state index in [0.29, 0.717) is 12.1 Å². The van der Waals surface area contributed by atoms with E-state index >= 15 is 0 Å². The predicted molar refractivity (Wildman–Crippen MR) is 75.7 cm³/mol. The second kappa shape index (κ2) is 5.85. The third-order valence-electron chi connectivity index (χ3n) is 4.02. The van der Waals surface area contributed by atoms with E-state index in [2.05, 4.69) is 44.3 Å². The van der Waals surface area contributed by atoms with Crippen LogP contribution in [0.2, 0.25) is 0 Å². The Kier molecular flexibility index (Phi) is 4.41. The highest BCUT2D eigenvalue weighted by Crippen LogP contribution is 2.24. The molecule has 1 aliphatic rings. The fourth-order valence-corrected chi connectivity index (χ4v) is 3.07. The fraction of sp³-hybridized carbons (Fsp3) is 0.625. The molecule has 100 valence electrons. The van der Waals surface area contributed by atoms with Gasteiger partial charge in [0.15, 0.2) is 0 Å². The van der Waals surface area contributed by atoms with Crippen LogP contribution in [0.25, 0.3) is 0 Å². The molecule has 0 bridgehead atoms. The first-order chi connectivity index (χ1) is 8.56. The summed E-state index contributed by atoms with van der Waals surface area (Å²) in [7, 11) is 0. The van der Waals surface area contributed by atoms with Gasteiger partial charge in [-0.2, -0.15) is 0 Å². The molecular formula is C16H25NO. The molecule has 1 saturated carbocycles. The van der Waals surface area contributed by atoms with Crippen LogP contribution in [-0.4, -0.2) is 17.3 Å². The first kappa shape index (κ1) is 13.6. The largest absolute Gasteiger partial charge is 0.393 e. The van der Waals surface area contributed by atoms with Crippen molar-refractivity contribution in [2.75, 3.05) is 0 Å². The molecule has 2 N–H and O–H groups in total. The lowest BCUT2D eigenvalue weighted by atomic mass is 9.91. The zero-order chi connectivity index (χ0) is 13.1. The summed E-state index contributed by atoms with van der Waals surface area (Å²) in [6.45, 7) is 6.53. The second-order valence-electron chi connectivity index (χ2n) is 5.77. The highest BCUT2D eigenvalue weighted by molar-refractivity contribution is 5.32. The van der Waals surface area contributed by atoms with Gasteiger partial charge >= 0.3 is 0 Å². The number of aliphatic hydroxyl groups excluding tert-OH is 1. The molecule has 0 radical (unpaired) electrons. The second-order valence-corrected chi connectivity index (χ2v) is 5.77. The van der Waals surface area contributed by atoms with Crippen molar-refractivity contribution < 1.29 is 5.11 Å². The molecule has 0 aliphatic heterocycles. The van der Waals surface area contributed by atoms with Crippen molar-refractivity contribution in [3.8, 4) is 0 Å². The molecule has 1 aliphatic carbocycles. The molecule has 1 aromatic rings. The molecule has 2 rings (SSSR count). The Balaban J connectivity index is 2.00. The van der Waals surface area contributed by atoms with Crippen molar-refractivity contribution in [1.29, 1.82) is 0 Å². The van der Waals surface area contributed by atoms with Crippen LogP contribution in [0.3, 0.4) is 0 Å². The van der Waals surface area contributed by atoms with Gasteiger partial charge in [0.2, 0.25) is 0 Å².